The van der Waals surface area contributed by atoms with Crippen LogP contribution >= 0.6 is 0 Å². The van der Waals surface area contributed by atoms with Crippen LogP contribution in [0.3, 0.4) is 0 Å². The van der Waals surface area contributed by atoms with E-state index in [2.05, 4.69) is 10.6 Å². The molecule has 1 aromatic rings. The molecule has 0 bridgehead atoms. The fraction of sp³-hybridized carbons (Fsp3) is 0.667. The molecular weight excluding hydrogens is 498 g/mol. The van der Waals surface area contributed by atoms with Crippen molar-refractivity contribution in [3.63, 3.8) is 0 Å². The zero-order valence-electron chi connectivity index (χ0n) is 25.3. The number of alkyl carbamates (subject to hydrolysis) is 1. The van der Waals surface area contributed by atoms with Crippen LogP contribution in [0.15, 0.2) is 18.2 Å². The molecule has 9 heteroatoms. The highest BCUT2D eigenvalue weighted by Crippen LogP contribution is 2.26. The highest BCUT2D eigenvalue weighted by molar-refractivity contribution is 5.92. The molecule has 9 nitrogen and oxygen atoms in total. The Hall–Kier alpha value is -3.10. The second-order valence-corrected chi connectivity index (χ2v) is 11.3. The normalized spacial score (nSPS) is 12.9. The Morgan fingerprint density at radius 3 is 2.23 bits per heavy atom. The molecule has 220 valence electrons. The zero-order chi connectivity index (χ0) is 29.8. The Kier molecular flexibility index (Phi) is 14.0. The Labute approximate surface area is 234 Å². The summed E-state index contributed by atoms with van der Waals surface area (Å²) in [6, 6.07) is 3.87. The number of hydrogen-bond acceptors (Lipinski definition) is 6. The van der Waals surface area contributed by atoms with Gasteiger partial charge in [-0.3, -0.25) is 14.4 Å². The van der Waals surface area contributed by atoms with Crippen molar-refractivity contribution in [3.05, 3.63) is 34.9 Å². The minimum Gasteiger partial charge on any atom is -0.466 e. The molecule has 0 heterocycles. The molecule has 0 aromatic heterocycles. The minimum atomic E-state index is -0.944. The van der Waals surface area contributed by atoms with Gasteiger partial charge in [0.25, 0.3) is 0 Å². The van der Waals surface area contributed by atoms with Crippen molar-refractivity contribution in [1.82, 2.24) is 15.5 Å². The molecule has 1 aromatic carbocycles. The molecule has 2 unspecified atom stereocenters. The highest BCUT2D eigenvalue weighted by atomic mass is 16.6. The number of aryl methyl sites for hydroxylation is 2. The van der Waals surface area contributed by atoms with Crippen LogP contribution in [-0.4, -0.2) is 60.1 Å². The molecular formula is C30H49N3O6. The Morgan fingerprint density at radius 2 is 1.69 bits per heavy atom. The largest absolute Gasteiger partial charge is 0.466 e. The van der Waals surface area contributed by atoms with E-state index in [1.807, 2.05) is 52.8 Å². The van der Waals surface area contributed by atoms with Crippen LogP contribution in [0.2, 0.25) is 0 Å². The first-order valence-electron chi connectivity index (χ1n) is 14.0. The molecule has 39 heavy (non-hydrogen) atoms. The first-order chi connectivity index (χ1) is 18.2. The molecule has 2 N–H and O–H groups in total. The average Bonchev–Trinajstić information content (AvgIpc) is 2.81. The molecule has 3 amide bonds. The molecule has 0 aliphatic heterocycles. The third kappa shape index (κ3) is 12.1. The van der Waals surface area contributed by atoms with Gasteiger partial charge in [0.2, 0.25) is 11.8 Å². The molecule has 1 rings (SSSR count). The zero-order valence-corrected chi connectivity index (χ0v) is 25.3. The monoisotopic (exact) mass is 547 g/mol. The van der Waals surface area contributed by atoms with E-state index in [1.54, 1.807) is 32.6 Å². The van der Waals surface area contributed by atoms with Crippen LogP contribution in [0.1, 0.15) is 96.9 Å². The van der Waals surface area contributed by atoms with E-state index in [0.717, 1.165) is 17.5 Å². The lowest BCUT2D eigenvalue weighted by molar-refractivity contribution is -0.144. The summed E-state index contributed by atoms with van der Waals surface area (Å²) < 4.78 is 10.4. The SMILES string of the molecule is CCCCN(C(=O)C(CC(C)C)NC(=O)OC(C)(C)C)C(C(=O)NCCC(=O)OCC)c1ccc(C)c(C)c1. The van der Waals surface area contributed by atoms with Gasteiger partial charge in [0.1, 0.15) is 17.7 Å². The summed E-state index contributed by atoms with van der Waals surface area (Å²) in [6.45, 7) is 17.6. The van der Waals surface area contributed by atoms with Crippen LogP contribution in [0, 0.1) is 19.8 Å². The van der Waals surface area contributed by atoms with E-state index in [0.29, 0.717) is 24.9 Å². The first-order valence-corrected chi connectivity index (χ1v) is 14.0. The van der Waals surface area contributed by atoms with Gasteiger partial charge in [-0.15, -0.1) is 0 Å². The summed E-state index contributed by atoms with van der Waals surface area (Å²) in [7, 11) is 0. The van der Waals surface area contributed by atoms with E-state index in [-0.39, 0.29) is 31.4 Å². The number of unbranched alkanes of at least 4 members (excludes halogenated alkanes) is 1. The summed E-state index contributed by atoms with van der Waals surface area (Å²) >= 11 is 0. The minimum absolute atomic E-state index is 0.0261. The molecule has 0 fully saturated rings. The molecule has 0 aliphatic rings. The first kappa shape index (κ1) is 33.9. The second-order valence-electron chi connectivity index (χ2n) is 11.3. The van der Waals surface area contributed by atoms with Crippen LogP contribution in [0.4, 0.5) is 4.79 Å². The van der Waals surface area contributed by atoms with Crippen molar-refractivity contribution in [2.24, 2.45) is 5.92 Å². The summed E-state index contributed by atoms with van der Waals surface area (Å²) in [5.41, 5.74) is 2.00. The molecule has 0 saturated carbocycles. The van der Waals surface area contributed by atoms with Crippen molar-refractivity contribution in [2.45, 2.75) is 106 Å². The van der Waals surface area contributed by atoms with Gasteiger partial charge in [0.05, 0.1) is 13.0 Å². The smallest absolute Gasteiger partial charge is 0.408 e. The second kappa shape index (κ2) is 16.1. The van der Waals surface area contributed by atoms with Crippen LogP contribution in [0.5, 0.6) is 0 Å². The van der Waals surface area contributed by atoms with Gasteiger partial charge >= 0.3 is 12.1 Å². The lowest BCUT2D eigenvalue weighted by Gasteiger charge is -2.35. The Balaban J connectivity index is 3.45. The number of benzene rings is 1. The van der Waals surface area contributed by atoms with Gasteiger partial charge < -0.3 is 25.0 Å². The fourth-order valence-corrected chi connectivity index (χ4v) is 4.06. The van der Waals surface area contributed by atoms with Crippen molar-refractivity contribution in [1.29, 1.82) is 0 Å². The van der Waals surface area contributed by atoms with Gasteiger partial charge in [-0.25, -0.2) is 4.79 Å². The number of rotatable bonds is 14. The summed E-state index contributed by atoms with van der Waals surface area (Å²) in [4.78, 5) is 53.9. The number of carbonyl (C=O) groups excluding carboxylic acids is 4. The standard InChI is InChI=1S/C30H49N3O6/c1-10-12-17-33(28(36)24(18-20(3)4)32-29(37)39-30(7,8)9)26(23-14-13-21(5)22(6)19-23)27(35)31-16-15-25(34)38-11-2/h13-14,19-20,24,26H,10-12,15-18H2,1-9H3,(H,31,35)(H,32,37). The van der Waals surface area contributed by atoms with Gasteiger partial charge in [0, 0.05) is 13.1 Å². The van der Waals surface area contributed by atoms with E-state index in [4.69, 9.17) is 9.47 Å². The number of amides is 3. The number of nitrogens with one attached hydrogen (secondary N) is 2. The lowest BCUT2D eigenvalue weighted by atomic mass is 9.96. The number of esters is 1. The van der Waals surface area contributed by atoms with Gasteiger partial charge in [-0.1, -0.05) is 45.4 Å². The van der Waals surface area contributed by atoms with Crippen molar-refractivity contribution in [2.75, 3.05) is 19.7 Å². The number of ether oxygens (including phenoxy) is 2. The molecule has 0 spiro atoms. The maximum Gasteiger partial charge on any atom is 0.408 e. The van der Waals surface area contributed by atoms with Gasteiger partial charge in [-0.2, -0.15) is 0 Å². The lowest BCUT2D eigenvalue weighted by Crippen LogP contribution is -2.53. The molecule has 0 saturated heterocycles. The molecule has 2 atom stereocenters. The number of hydrogen-bond donors (Lipinski definition) is 2. The summed E-state index contributed by atoms with van der Waals surface area (Å²) in [6.07, 6.45) is 1.20. The van der Waals surface area contributed by atoms with Crippen LogP contribution in [-0.2, 0) is 23.9 Å². The predicted octanol–water partition coefficient (Wildman–Crippen LogP) is 4.98. The van der Waals surface area contributed by atoms with E-state index in [9.17, 15) is 19.2 Å². The van der Waals surface area contributed by atoms with Crippen molar-refractivity contribution >= 4 is 23.9 Å². The third-order valence-corrected chi connectivity index (χ3v) is 6.07. The van der Waals surface area contributed by atoms with E-state index >= 15 is 0 Å². The summed E-state index contributed by atoms with van der Waals surface area (Å²) in [5, 5.41) is 5.58. The molecule has 0 aliphatic carbocycles. The van der Waals surface area contributed by atoms with E-state index in [1.165, 1.54) is 0 Å². The van der Waals surface area contributed by atoms with Crippen LogP contribution in [0.25, 0.3) is 0 Å². The number of nitrogens with zero attached hydrogens (tertiary/aromatic N) is 1. The Morgan fingerprint density at radius 1 is 1.03 bits per heavy atom. The van der Waals surface area contributed by atoms with Crippen LogP contribution < -0.4 is 10.6 Å². The topological polar surface area (TPSA) is 114 Å². The summed E-state index contributed by atoms with van der Waals surface area (Å²) in [5.74, 6) is -1.06. The van der Waals surface area contributed by atoms with Gasteiger partial charge in [-0.05, 0) is 77.0 Å². The predicted molar refractivity (Wildman–Crippen MR) is 152 cm³/mol. The molecule has 0 radical (unpaired) electrons. The third-order valence-electron chi connectivity index (χ3n) is 6.07. The van der Waals surface area contributed by atoms with Crippen molar-refractivity contribution in [3.8, 4) is 0 Å². The Bertz CT molecular complexity index is 970. The fourth-order valence-electron chi connectivity index (χ4n) is 4.06. The number of carbonyl (C=O) groups is 4. The highest BCUT2D eigenvalue weighted by Gasteiger charge is 2.36. The maximum absolute atomic E-state index is 14.1. The van der Waals surface area contributed by atoms with E-state index < -0.39 is 35.7 Å². The maximum atomic E-state index is 14.1. The van der Waals surface area contributed by atoms with Gasteiger partial charge in [0.15, 0.2) is 0 Å². The van der Waals surface area contributed by atoms with Crippen molar-refractivity contribution < 1.29 is 28.7 Å². The average molecular weight is 548 g/mol. The quantitative estimate of drug-likeness (QED) is 0.318.